The minimum absolute atomic E-state index is 0.102. The average molecular weight is 197 g/mol. The van der Waals surface area contributed by atoms with Crippen LogP contribution in [0.15, 0.2) is 5.16 Å². The SMILES string of the molecule is CSc1nc2nc(N)nc(N)n2n1. The maximum absolute atomic E-state index is 5.55. The van der Waals surface area contributed by atoms with Crippen molar-refractivity contribution in [3.8, 4) is 0 Å². The van der Waals surface area contributed by atoms with E-state index in [-0.39, 0.29) is 11.9 Å². The zero-order chi connectivity index (χ0) is 9.42. The normalized spacial score (nSPS) is 10.8. The van der Waals surface area contributed by atoms with Crippen LogP contribution in [0.25, 0.3) is 5.78 Å². The van der Waals surface area contributed by atoms with Crippen molar-refractivity contribution in [3.63, 3.8) is 0 Å². The number of thioether (sulfide) groups is 1. The van der Waals surface area contributed by atoms with Crippen LogP contribution in [0.4, 0.5) is 11.9 Å². The van der Waals surface area contributed by atoms with Gasteiger partial charge in [-0.25, -0.2) is 0 Å². The molecule has 2 aromatic heterocycles. The van der Waals surface area contributed by atoms with Crippen LogP contribution >= 0.6 is 11.8 Å². The lowest BCUT2D eigenvalue weighted by atomic mass is 10.9. The summed E-state index contributed by atoms with van der Waals surface area (Å²) in [7, 11) is 0. The third-order valence-electron chi connectivity index (χ3n) is 1.41. The molecular formula is C5H7N7S. The van der Waals surface area contributed by atoms with Crippen molar-refractivity contribution in [2.75, 3.05) is 17.7 Å². The molecular weight excluding hydrogens is 190 g/mol. The fourth-order valence-electron chi connectivity index (χ4n) is 0.890. The van der Waals surface area contributed by atoms with Crippen molar-refractivity contribution in [2.24, 2.45) is 0 Å². The molecule has 0 radical (unpaired) electrons. The van der Waals surface area contributed by atoms with Gasteiger partial charge in [0.25, 0.3) is 5.78 Å². The smallest absolute Gasteiger partial charge is 0.259 e. The van der Waals surface area contributed by atoms with Gasteiger partial charge in [-0.1, -0.05) is 11.8 Å². The van der Waals surface area contributed by atoms with Crippen LogP contribution in [0.5, 0.6) is 0 Å². The Morgan fingerprint density at radius 1 is 1.23 bits per heavy atom. The molecule has 0 bridgehead atoms. The summed E-state index contributed by atoms with van der Waals surface area (Å²) in [6.45, 7) is 0. The largest absolute Gasteiger partial charge is 0.368 e. The Kier molecular flexibility index (Phi) is 1.69. The lowest BCUT2D eigenvalue weighted by Gasteiger charge is -1.95. The number of hydrogen-bond donors (Lipinski definition) is 2. The van der Waals surface area contributed by atoms with E-state index in [9.17, 15) is 0 Å². The van der Waals surface area contributed by atoms with Crippen LogP contribution in [0.3, 0.4) is 0 Å². The molecule has 8 heteroatoms. The average Bonchev–Trinajstić information content (AvgIpc) is 2.47. The fourth-order valence-corrected chi connectivity index (χ4v) is 1.23. The van der Waals surface area contributed by atoms with Crippen LogP contribution < -0.4 is 11.5 Å². The van der Waals surface area contributed by atoms with Crippen molar-refractivity contribution in [1.82, 2.24) is 24.6 Å². The monoisotopic (exact) mass is 197 g/mol. The number of nitrogens with zero attached hydrogens (tertiary/aromatic N) is 5. The first kappa shape index (κ1) is 8.05. The van der Waals surface area contributed by atoms with Gasteiger partial charge < -0.3 is 11.5 Å². The highest BCUT2D eigenvalue weighted by Gasteiger charge is 2.07. The number of aromatic nitrogens is 5. The van der Waals surface area contributed by atoms with E-state index in [0.717, 1.165) is 0 Å². The standard InChI is InChI=1S/C5H7N7S/c1-13-5-10-4-9-2(6)8-3(7)12(4)11-5/h1H3,(H4,6,7,8,9,10,11). The number of hydrogen-bond acceptors (Lipinski definition) is 7. The highest BCUT2D eigenvalue weighted by molar-refractivity contribution is 7.98. The molecule has 4 N–H and O–H groups in total. The van der Waals surface area contributed by atoms with Gasteiger partial charge in [-0.2, -0.15) is 19.5 Å². The van der Waals surface area contributed by atoms with E-state index in [1.807, 2.05) is 6.26 Å². The quantitative estimate of drug-likeness (QED) is 0.588. The van der Waals surface area contributed by atoms with Gasteiger partial charge in [-0.05, 0) is 6.26 Å². The molecule has 0 atom stereocenters. The Morgan fingerprint density at radius 3 is 2.69 bits per heavy atom. The molecule has 0 aliphatic rings. The molecule has 0 saturated carbocycles. The van der Waals surface area contributed by atoms with Crippen molar-refractivity contribution in [3.05, 3.63) is 0 Å². The Labute approximate surface area is 77.6 Å². The summed E-state index contributed by atoms with van der Waals surface area (Å²) in [5, 5.41) is 4.62. The molecule has 0 aromatic carbocycles. The van der Waals surface area contributed by atoms with Crippen LogP contribution in [0.2, 0.25) is 0 Å². The van der Waals surface area contributed by atoms with Gasteiger partial charge in [-0.15, -0.1) is 5.10 Å². The minimum Gasteiger partial charge on any atom is -0.368 e. The Hall–Kier alpha value is -1.57. The number of nitrogen functional groups attached to an aromatic ring is 2. The summed E-state index contributed by atoms with van der Waals surface area (Å²) < 4.78 is 1.35. The minimum atomic E-state index is 0.102. The van der Waals surface area contributed by atoms with E-state index in [0.29, 0.717) is 10.9 Å². The maximum Gasteiger partial charge on any atom is 0.259 e. The first-order valence-electron chi connectivity index (χ1n) is 3.40. The fraction of sp³-hybridized carbons (Fsp3) is 0.200. The van der Waals surface area contributed by atoms with Crippen LogP contribution in [0, 0.1) is 0 Å². The topological polar surface area (TPSA) is 108 Å². The maximum atomic E-state index is 5.55. The van der Waals surface area contributed by atoms with E-state index in [1.54, 1.807) is 0 Å². The molecule has 2 aromatic rings. The van der Waals surface area contributed by atoms with E-state index in [4.69, 9.17) is 11.5 Å². The van der Waals surface area contributed by atoms with Gasteiger partial charge in [0.15, 0.2) is 0 Å². The first-order valence-corrected chi connectivity index (χ1v) is 4.63. The summed E-state index contributed by atoms with van der Waals surface area (Å²) in [5.74, 6) is 0.662. The molecule has 0 aliphatic heterocycles. The summed E-state index contributed by atoms with van der Waals surface area (Å²) in [5.41, 5.74) is 10.9. The van der Waals surface area contributed by atoms with Gasteiger partial charge in [0.05, 0.1) is 0 Å². The van der Waals surface area contributed by atoms with E-state index in [2.05, 4.69) is 20.1 Å². The third kappa shape index (κ3) is 1.24. The summed E-state index contributed by atoms with van der Waals surface area (Å²) in [6, 6.07) is 0. The molecule has 68 valence electrons. The van der Waals surface area contributed by atoms with Crippen molar-refractivity contribution >= 4 is 29.4 Å². The van der Waals surface area contributed by atoms with Crippen LogP contribution in [0.1, 0.15) is 0 Å². The number of fused-ring (bicyclic) bond motifs is 1. The second kappa shape index (κ2) is 2.73. The summed E-state index contributed by atoms with van der Waals surface area (Å²) >= 11 is 1.40. The zero-order valence-corrected chi connectivity index (χ0v) is 7.62. The third-order valence-corrected chi connectivity index (χ3v) is 1.95. The van der Waals surface area contributed by atoms with E-state index in [1.165, 1.54) is 16.3 Å². The molecule has 13 heavy (non-hydrogen) atoms. The van der Waals surface area contributed by atoms with E-state index < -0.39 is 0 Å². The molecule has 7 nitrogen and oxygen atoms in total. The molecule has 0 fully saturated rings. The van der Waals surface area contributed by atoms with E-state index >= 15 is 0 Å². The second-order valence-corrected chi connectivity index (χ2v) is 3.02. The van der Waals surface area contributed by atoms with Crippen LogP contribution in [-0.4, -0.2) is 30.8 Å². The Bertz CT molecular complexity index is 449. The highest BCUT2D eigenvalue weighted by Crippen LogP contribution is 2.11. The van der Waals surface area contributed by atoms with Gasteiger partial charge in [-0.3, -0.25) is 0 Å². The zero-order valence-electron chi connectivity index (χ0n) is 6.80. The molecule has 0 aliphatic carbocycles. The van der Waals surface area contributed by atoms with Gasteiger partial charge >= 0.3 is 0 Å². The molecule has 0 spiro atoms. The highest BCUT2D eigenvalue weighted by atomic mass is 32.2. The van der Waals surface area contributed by atoms with Crippen molar-refractivity contribution in [2.45, 2.75) is 5.16 Å². The predicted molar refractivity (Wildman–Crippen MR) is 49.2 cm³/mol. The second-order valence-electron chi connectivity index (χ2n) is 2.25. The summed E-state index contributed by atoms with van der Waals surface area (Å²) in [4.78, 5) is 11.7. The molecule has 0 amide bonds. The Morgan fingerprint density at radius 2 is 2.00 bits per heavy atom. The van der Waals surface area contributed by atoms with Crippen molar-refractivity contribution < 1.29 is 0 Å². The molecule has 0 unspecified atom stereocenters. The molecule has 2 heterocycles. The van der Waals surface area contributed by atoms with Crippen LogP contribution in [-0.2, 0) is 0 Å². The Balaban J connectivity index is 2.75. The van der Waals surface area contributed by atoms with Gasteiger partial charge in [0.1, 0.15) is 0 Å². The number of anilines is 2. The number of nitrogens with two attached hydrogens (primary N) is 2. The lowest BCUT2D eigenvalue weighted by molar-refractivity contribution is 0.868. The molecule has 2 rings (SSSR count). The predicted octanol–water partition coefficient (Wildman–Crippen LogP) is -0.594. The van der Waals surface area contributed by atoms with Crippen molar-refractivity contribution in [1.29, 1.82) is 0 Å². The molecule has 0 saturated heterocycles. The summed E-state index contributed by atoms with van der Waals surface area (Å²) in [6.07, 6.45) is 1.86. The number of rotatable bonds is 1. The van der Waals surface area contributed by atoms with Gasteiger partial charge in [0, 0.05) is 0 Å². The first-order chi connectivity index (χ1) is 6.20. The van der Waals surface area contributed by atoms with Gasteiger partial charge in [0.2, 0.25) is 17.1 Å². The lowest BCUT2D eigenvalue weighted by Crippen LogP contribution is -2.06.